The Morgan fingerprint density at radius 2 is 2.07 bits per heavy atom. The van der Waals surface area contributed by atoms with Gasteiger partial charge in [0.2, 0.25) is 0 Å². The second-order valence-electron chi connectivity index (χ2n) is 3.26. The summed E-state index contributed by atoms with van der Waals surface area (Å²) in [7, 11) is 0. The molecule has 0 aliphatic carbocycles. The third-order valence-electron chi connectivity index (χ3n) is 2.17. The van der Waals surface area contributed by atoms with E-state index >= 15 is 0 Å². The zero-order chi connectivity index (χ0) is 10.4. The first-order chi connectivity index (χ1) is 6.79. The number of ether oxygens (including phenoxy) is 1. The van der Waals surface area contributed by atoms with E-state index in [1.807, 2.05) is 30.4 Å². The van der Waals surface area contributed by atoms with Crippen molar-refractivity contribution >= 4 is 29.5 Å². The lowest BCUT2D eigenvalue weighted by Crippen LogP contribution is -2.24. The highest BCUT2D eigenvalue weighted by atomic mass is 32.2. The van der Waals surface area contributed by atoms with Gasteiger partial charge in [0.05, 0.1) is 17.1 Å². The van der Waals surface area contributed by atoms with Crippen LogP contribution in [0.2, 0.25) is 0 Å². The standard InChI is InChI=1S/C10H18O2S2/c1-3-5-8(9(11)12-4-2)10-13-6-7-14-10/h8,10H,3-7H2,1-2H3. The number of carbonyl (C=O) groups excluding carboxylic acids is 1. The Bertz CT molecular complexity index is 179. The topological polar surface area (TPSA) is 26.3 Å². The summed E-state index contributed by atoms with van der Waals surface area (Å²) in [6, 6.07) is 0. The van der Waals surface area contributed by atoms with Gasteiger partial charge in [-0.05, 0) is 13.3 Å². The van der Waals surface area contributed by atoms with Crippen molar-refractivity contribution in [3.05, 3.63) is 0 Å². The van der Waals surface area contributed by atoms with Crippen molar-refractivity contribution in [1.29, 1.82) is 0 Å². The van der Waals surface area contributed by atoms with Crippen LogP contribution in [0, 0.1) is 5.92 Å². The Morgan fingerprint density at radius 3 is 2.57 bits per heavy atom. The third kappa shape index (κ3) is 3.39. The predicted octanol–water partition coefficient (Wildman–Crippen LogP) is 2.77. The molecule has 1 rings (SSSR count). The SMILES string of the molecule is CCCC(C(=O)OCC)C1SCCS1. The lowest BCUT2D eigenvalue weighted by atomic mass is 10.1. The van der Waals surface area contributed by atoms with Gasteiger partial charge in [0, 0.05) is 11.5 Å². The number of esters is 1. The lowest BCUT2D eigenvalue weighted by Gasteiger charge is -2.19. The van der Waals surface area contributed by atoms with E-state index in [4.69, 9.17) is 4.74 Å². The molecule has 0 aromatic rings. The van der Waals surface area contributed by atoms with Crippen LogP contribution in [0.1, 0.15) is 26.7 Å². The number of thioether (sulfide) groups is 2. The Balaban J connectivity index is 2.48. The van der Waals surface area contributed by atoms with E-state index in [0.717, 1.165) is 12.8 Å². The van der Waals surface area contributed by atoms with Gasteiger partial charge in [-0.15, -0.1) is 23.5 Å². The number of hydrogen-bond donors (Lipinski definition) is 0. The molecule has 4 heteroatoms. The first-order valence-corrected chi connectivity index (χ1v) is 7.29. The third-order valence-corrected chi connectivity index (χ3v) is 5.43. The molecule has 1 fully saturated rings. The van der Waals surface area contributed by atoms with E-state index < -0.39 is 0 Å². The van der Waals surface area contributed by atoms with Gasteiger partial charge in [-0.25, -0.2) is 0 Å². The summed E-state index contributed by atoms with van der Waals surface area (Å²) in [5, 5.41) is 0. The van der Waals surface area contributed by atoms with E-state index in [9.17, 15) is 4.79 Å². The summed E-state index contributed by atoms with van der Waals surface area (Å²) in [5.74, 6) is 2.46. The van der Waals surface area contributed by atoms with Gasteiger partial charge in [0.1, 0.15) is 0 Å². The molecule has 0 radical (unpaired) electrons. The van der Waals surface area contributed by atoms with Crippen molar-refractivity contribution in [2.24, 2.45) is 5.92 Å². The highest BCUT2D eigenvalue weighted by Gasteiger charge is 2.32. The molecule has 1 heterocycles. The predicted molar refractivity (Wildman–Crippen MR) is 63.7 cm³/mol. The molecule has 0 aromatic heterocycles. The smallest absolute Gasteiger partial charge is 0.310 e. The van der Waals surface area contributed by atoms with Crippen LogP contribution in [-0.2, 0) is 9.53 Å². The van der Waals surface area contributed by atoms with Gasteiger partial charge in [-0.3, -0.25) is 4.79 Å². The molecule has 0 N–H and O–H groups in total. The normalized spacial score (nSPS) is 19.6. The maximum Gasteiger partial charge on any atom is 0.310 e. The molecule has 0 aromatic carbocycles. The number of rotatable bonds is 5. The molecular weight excluding hydrogens is 216 g/mol. The molecule has 1 unspecified atom stereocenters. The van der Waals surface area contributed by atoms with Crippen LogP contribution >= 0.6 is 23.5 Å². The van der Waals surface area contributed by atoms with Crippen molar-refractivity contribution < 1.29 is 9.53 Å². The van der Waals surface area contributed by atoms with Gasteiger partial charge in [0.15, 0.2) is 0 Å². The van der Waals surface area contributed by atoms with Gasteiger partial charge >= 0.3 is 5.97 Å². The first kappa shape index (κ1) is 12.2. The minimum atomic E-state index is 0.00116. The zero-order valence-corrected chi connectivity index (χ0v) is 10.5. The van der Waals surface area contributed by atoms with Crippen molar-refractivity contribution in [2.45, 2.75) is 31.3 Å². The molecule has 0 saturated carbocycles. The molecule has 1 aliphatic heterocycles. The highest BCUT2D eigenvalue weighted by Crippen LogP contribution is 2.39. The molecule has 1 saturated heterocycles. The van der Waals surface area contributed by atoms with E-state index in [1.54, 1.807) is 0 Å². The van der Waals surface area contributed by atoms with Gasteiger partial charge in [-0.1, -0.05) is 13.3 Å². The van der Waals surface area contributed by atoms with Crippen LogP contribution in [0.15, 0.2) is 0 Å². The minimum absolute atomic E-state index is 0.00116. The Kier molecular flexibility index (Phi) is 5.78. The van der Waals surface area contributed by atoms with Crippen LogP contribution in [0.3, 0.4) is 0 Å². The Labute approximate surface area is 94.5 Å². The summed E-state index contributed by atoms with van der Waals surface area (Å²) >= 11 is 3.81. The van der Waals surface area contributed by atoms with E-state index in [-0.39, 0.29) is 11.9 Å². The average molecular weight is 234 g/mol. The fraction of sp³-hybridized carbons (Fsp3) is 0.900. The fourth-order valence-electron chi connectivity index (χ4n) is 1.53. The van der Waals surface area contributed by atoms with Crippen LogP contribution < -0.4 is 0 Å². The zero-order valence-electron chi connectivity index (χ0n) is 8.82. The Morgan fingerprint density at radius 1 is 1.43 bits per heavy atom. The molecule has 1 aliphatic rings. The lowest BCUT2D eigenvalue weighted by molar-refractivity contribution is -0.147. The largest absolute Gasteiger partial charge is 0.466 e. The summed E-state index contributed by atoms with van der Waals surface area (Å²) < 4.78 is 5.54. The van der Waals surface area contributed by atoms with Crippen LogP contribution in [0.5, 0.6) is 0 Å². The molecule has 0 bridgehead atoms. The maximum absolute atomic E-state index is 11.7. The molecule has 1 atom stereocenters. The summed E-state index contributed by atoms with van der Waals surface area (Å²) in [6.45, 7) is 4.49. The van der Waals surface area contributed by atoms with Crippen LogP contribution in [0.4, 0.5) is 0 Å². The Hall–Kier alpha value is 0.170. The second kappa shape index (κ2) is 6.62. The molecular formula is C10H18O2S2. The van der Waals surface area contributed by atoms with E-state index in [0.29, 0.717) is 11.2 Å². The highest BCUT2D eigenvalue weighted by molar-refractivity contribution is 8.20. The van der Waals surface area contributed by atoms with Crippen LogP contribution in [0.25, 0.3) is 0 Å². The van der Waals surface area contributed by atoms with Crippen molar-refractivity contribution in [3.8, 4) is 0 Å². The van der Waals surface area contributed by atoms with Gasteiger partial charge in [-0.2, -0.15) is 0 Å². The molecule has 2 nitrogen and oxygen atoms in total. The van der Waals surface area contributed by atoms with E-state index in [2.05, 4.69) is 6.92 Å². The van der Waals surface area contributed by atoms with Crippen molar-refractivity contribution in [2.75, 3.05) is 18.1 Å². The number of hydrogen-bond acceptors (Lipinski definition) is 4. The molecule has 14 heavy (non-hydrogen) atoms. The van der Waals surface area contributed by atoms with Crippen molar-refractivity contribution in [3.63, 3.8) is 0 Å². The van der Waals surface area contributed by atoms with Gasteiger partial charge in [0.25, 0.3) is 0 Å². The van der Waals surface area contributed by atoms with Gasteiger partial charge < -0.3 is 4.74 Å². The average Bonchev–Trinajstić information content (AvgIpc) is 2.67. The van der Waals surface area contributed by atoms with Crippen molar-refractivity contribution in [1.82, 2.24) is 0 Å². The molecule has 0 amide bonds. The second-order valence-corrected chi connectivity index (χ2v) is 6.05. The summed E-state index contributed by atoms with van der Waals surface area (Å²) in [6.07, 6.45) is 2.02. The monoisotopic (exact) mass is 234 g/mol. The summed E-state index contributed by atoms with van der Waals surface area (Å²) in [5.41, 5.74) is 0. The van der Waals surface area contributed by atoms with E-state index in [1.165, 1.54) is 11.5 Å². The minimum Gasteiger partial charge on any atom is -0.466 e. The summed E-state index contributed by atoms with van der Waals surface area (Å²) in [4.78, 5) is 11.7. The quantitative estimate of drug-likeness (QED) is 0.683. The molecule has 0 spiro atoms. The maximum atomic E-state index is 11.7. The van der Waals surface area contributed by atoms with Crippen LogP contribution in [-0.4, -0.2) is 28.7 Å². The molecule has 82 valence electrons. The number of carbonyl (C=O) groups is 1. The first-order valence-electron chi connectivity index (χ1n) is 5.19. The fourth-order valence-corrected chi connectivity index (χ4v) is 4.69.